The Bertz CT molecular complexity index is 118. The summed E-state index contributed by atoms with van der Waals surface area (Å²) in [5.41, 5.74) is 0. The van der Waals surface area contributed by atoms with E-state index in [9.17, 15) is 4.91 Å². The van der Waals surface area contributed by atoms with E-state index in [1.165, 1.54) is 12.8 Å². The second-order valence-corrected chi connectivity index (χ2v) is 3.63. The van der Waals surface area contributed by atoms with Crippen LogP contribution in [0.1, 0.15) is 33.1 Å². The van der Waals surface area contributed by atoms with Crippen LogP contribution in [0.3, 0.4) is 0 Å². The predicted octanol–water partition coefficient (Wildman–Crippen LogP) is 2.58. The van der Waals surface area contributed by atoms with Gasteiger partial charge in [-0.05, 0) is 38.0 Å². The van der Waals surface area contributed by atoms with Crippen LogP contribution in [-0.2, 0) is 0 Å². The average Bonchev–Trinajstić information content (AvgIpc) is 1.84. The summed E-state index contributed by atoms with van der Waals surface area (Å²) in [6.07, 6.45) is 3.62. The number of hydrogen-bond acceptors (Lipinski definition) is 2. The fourth-order valence-electron chi connectivity index (χ4n) is 1.79. The van der Waals surface area contributed by atoms with Crippen molar-refractivity contribution in [3.8, 4) is 0 Å². The van der Waals surface area contributed by atoms with E-state index in [1.807, 2.05) is 6.92 Å². The second-order valence-electron chi connectivity index (χ2n) is 3.63. The molecule has 0 aromatic rings. The van der Waals surface area contributed by atoms with Gasteiger partial charge in [0.15, 0.2) is 0 Å². The van der Waals surface area contributed by atoms with Crippen molar-refractivity contribution in [1.82, 2.24) is 0 Å². The Morgan fingerprint density at radius 2 is 2.20 bits per heavy atom. The summed E-state index contributed by atoms with van der Waals surface area (Å²) < 4.78 is 0. The molecule has 1 fully saturated rings. The standard InChI is InChI=1S/C8H15NO/c1-6-3-8(4-6)5-7(2)9-10/h6-8H,3-5H2,1-2H3/t6?,7-,8?/m1/s1. The first-order valence-electron chi connectivity index (χ1n) is 4.04. The van der Waals surface area contributed by atoms with E-state index in [2.05, 4.69) is 12.1 Å². The molecule has 0 heterocycles. The summed E-state index contributed by atoms with van der Waals surface area (Å²) in [5, 5.41) is 2.99. The molecular formula is C8H15NO. The van der Waals surface area contributed by atoms with Gasteiger partial charge in [0.1, 0.15) is 0 Å². The minimum absolute atomic E-state index is 0.0394. The third kappa shape index (κ3) is 1.79. The van der Waals surface area contributed by atoms with E-state index in [0.29, 0.717) is 0 Å². The zero-order valence-corrected chi connectivity index (χ0v) is 6.71. The lowest BCUT2D eigenvalue weighted by Crippen LogP contribution is -2.23. The highest BCUT2D eigenvalue weighted by Gasteiger charge is 2.26. The first-order chi connectivity index (χ1) is 4.72. The Balaban J connectivity index is 2.10. The lowest BCUT2D eigenvalue weighted by molar-refractivity contribution is 0.191. The summed E-state index contributed by atoms with van der Waals surface area (Å²) in [7, 11) is 0. The van der Waals surface area contributed by atoms with Crippen molar-refractivity contribution in [1.29, 1.82) is 0 Å². The van der Waals surface area contributed by atoms with Gasteiger partial charge < -0.3 is 0 Å². The molecule has 58 valence electrons. The van der Waals surface area contributed by atoms with Gasteiger partial charge in [-0.15, -0.1) is 0 Å². The number of nitroso groups, excluding NO2 is 1. The van der Waals surface area contributed by atoms with Gasteiger partial charge in [-0.25, -0.2) is 0 Å². The van der Waals surface area contributed by atoms with Crippen LogP contribution in [0.2, 0.25) is 0 Å². The smallest absolute Gasteiger partial charge is 0.0894 e. The van der Waals surface area contributed by atoms with Crippen molar-refractivity contribution in [2.24, 2.45) is 17.0 Å². The molecule has 1 atom stereocenters. The van der Waals surface area contributed by atoms with E-state index < -0.39 is 0 Å². The average molecular weight is 141 g/mol. The number of hydrogen-bond donors (Lipinski definition) is 0. The van der Waals surface area contributed by atoms with Crippen LogP contribution in [-0.4, -0.2) is 6.04 Å². The highest BCUT2D eigenvalue weighted by molar-refractivity contribution is 4.79. The maximum absolute atomic E-state index is 10.0. The van der Waals surface area contributed by atoms with E-state index in [4.69, 9.17) is 0 Å². The molecule has 0 unspecified atom stereocenters. The maximum atomic E-state index is 10.0. The molecule has 0 saturated heterocycles. The van der Waals surface area contributed by atoms with Crippen LogP contribution in [0.5, 0.6) is 0 Å². The molecule has 0 bridgehead atoms. The molecule has 1 aliphatic carbocycles. The number of rotatable bonds is 3. The molecule has 0 aliphatic heterocycles. The summed E-state index contributed by atoms with van der Waals surface area (Å²) >= 11 is 0. The first kappa shape index (κ1) is 7.70. The Kier molecular flexibility index (Phi) is 2.41. The lowest BCUT2D eigenvalue weighted by Gasteiger charge is -2.33. The quantitative estimate of drug-likeness (QED) is 0.555. The van der Waals surface area contributed by atoms with Crippen molar-refractivity contribution in [2.75, 3.05) is 0 Å². The topological polar surface area (TPSA) is 29.4 Å². The van der Waals surface area contributed by atoms with Gasteiger partial charge in [0.2, 0.25) is 0 Å². The van der Waals surface area contributed by atoms with Crippen molar-refractivity contribution in [2.45, 2.75) is 39.2 Å². The number of nitrogens with zero attached hydrogens (tertiary/aromatic N) is 1. The highest BCUT2D eigenvalue weighted by atomic mass is 16.3. The molecule has 0 radical (unpaired) electrons. The molecule has 0 aromatic carbocycles. The van der Waals surface area contributed by atoms with Crippen LogP contribution in [0.15, 0.2) is 5.18 Å². The summed E-state index contributed by atoms with van der Waals surface area (Å²) in [6.45, 7) is 4.16. The molecule has 1 aliphatic rings. The van der Waals surface area contributed by atoms with E-state index in [-0.39, 0.29) is 6.04 Å². The lowest BCUT2D eigenvalue weighted by atomic mass is 9.73. The Morgan fingerprint density at radius 3 is 2.60 bits per heavy atom. The molecule has 2 nitrogen and oxygen atoms in total. The molecule has 0 amide bonds. The third-order valence-electron chi connectivity index (χ3n) is 2.33. The van der Waals surface area contributed by atoms with Crippen LogP contribution < -0.4 is 0 Å². The van der Waals surface area contributed by atoms with Crippen LogP contribution >= 0.6 is 0 Å². The normalized spacial score (nSPS) is 34.6. The summed E-state index contributed by atoms with van der Waals surface area (Å²) in [4.78, 5) is 10.0. The van der Waals surface area contributed by atoms with Crippen LogP contribution in [0.25, 0.3) is 0 Å². The fourth-order valence-corrected chi connectivity index (χ4v) is 1.79. The molecular weight excluding hydrogens is 126 g/mol. The molecule has 0 aromatic heterocycles. The van der Waals surface area contributed by atoms with E-state index >= 15 is 0 Å². The third-order valence-corrected chi connectivity index (χ3v) is 2.33. The minimum Gasteiger partial charge on any atom is -0.151 e. The van der Waals surface area contributed by atoms with Crippen molar-refractivity contribution >= 4 is 0 Å². The monoisotopic (exact) mass is 141 g/mol. The van der Waals surface area contributed by atoms with Crippen molar-refractivity contribution in [3.05, 3.63) is 4.91 Å². The first-order valence-corrected chi connectivity index (χ1v) is 4.04. The van der Waals surface area contributed by atoms with Gasteiger partial charge in [0, 0.05) is 0 Å². The molecule has 2 heteroatoms. The molecule has 0 N–H and O–H groups in total. The Labute approximate surface area is 62.0 Å². The van der Waals surface area contributed by atoms with E-state index in [1.54, 1.807) is 0 Å². The van der Waals surface area contributed by atoms with Crippen LogP contribution in [0, 0.1) is 16.7 Å². The summed E-state index contributed by atoms with van der Waals surface area (Å²) in [5.74, 6) is 1.69. The zero-order chi connectivity index (χ0) is 7.56. The fraction of sp³-hybridized carbons (Fsp3) is 1.00. The maximum Gasteiger partial charge on any atom is 0.0894 e. The SMILES string of the molecule is CC1CC(C[C@@H](C)N=O)C1. The van der Waals surface area contributed by atoms with Gasteiger partial charge in [0.05, 0.1) is 6.04 Å². The van der Waals surface area contributed by atoms with Gasteiger partial charge in [-0.1, -0.05) is 12.1 Å². The van der Waals surface area contributed by atoms with Gasteiger partial charge >= 0.3 is 0 Å². The van der Waals surface area contributed by atoms with Gasteiger partial charge in [-0.2, -0.15) is 4.91 Å². The van der Waals surface area contributed by atoms with Crippen molar-refractivity contribution in [3.63, 3.8) is 0 Å². The second kappa shape index (κ2) is 3.13. The van der Waals surface area contributed by atoms with E-state index in [0.717, 1.165) is 18.3 Å². The largest absolute Gasteiger partial charge is 0.151 e. The van der Waals surface area contributed by atoms with Gasteiger partial charge in [0.25, 0.3) is 0 Å². The summed E-state index contributed by atoms with van der Waals surface area (Å²) in [6, 6.07) is 0.0394. The minimum atomic E-state index is 0.0394. The molecule has 0 spiro atoms. The zero-order valence-electron chi connectivity index (χ0n) is 6.71. The highest BCUT2D eigenvalue weighted by Crippen LogP contribution is 2.36. The Hall–Kier alpha value is -0.400. The van der Waals surface area contributed by atoms with Gasteiger partial charge in [-0.3, -0.25) is 0 Å². The molecule has 1 rings (SSSR count). The molecule has 10 heavy (non-hydrogen) atoms. The van der Waals surface area contributed by atoms with Crippen LogP contribution in [0.4, 0.5) is 0 Å². The van der Waals surface area contributed by atoms with Crippen molar-refractivity contribution < 1.29 is 0 Å². The predicted molar refractivity (Wildman–Crippen MR) is 41.8 cm³/mol. The molecule has 1 saturated carbocycles. The Morgan fingerprint density at radius 1 is 1.60 bits per heavy atom.